The Balaban J connectivity index is 1.66. The van der Waals surface area contributed by atoms with Crippen LogP contribution in [-0.4, -0.2) is 59.0 Å². The highest BCUT2D eigenvalue weighted by Crippen LogP contribution is 2.24. The summed E-state index contributed by atoms with van der Waals surface area (Å²) in [7, 11) is 0. The van der Waals surface area contributed by atoms with Gasteiger partial charge in [0, 0.05) is 17.1 Å². The summed E-state index contributed by atoms with van der Waals surface area (Å²) in [5, 5.41) is 21.4. The van der Waals surface area contributed by atoms with Gasteiger partial charge in [-0.3, -0.25) is 9.36 Å². The molecule has 2 N–H and O–H groups in total. The van der Waals surface area contributed by atoms with Crippen LogP contribution in [0.2, 0.25) is 5.02 Å². The maximum atomic E-state index is 13.1. The van der Waals surface area contributed by atoms with Gasteiger partial charge in [0.25, 0.3) is 5.91 Å². The van der Waals surface area contributed by atoms with Crippen molar-refractivity contribution in [1.29, 1.82) is 0 Å². The van der Waals surface area contributed by atoms with Gasteiger partial charge in [-0.15, -0.1) is 10.2 Å². The molecule has 1 atom stereocenters. The Hall–Kier alpha value is -3.97. The Labute approximate surface area is 225 Å². The molecule has 4 rings (SSSR count). The average Bonchev–Trinajstić information content (AvgIpc) is 3.47. The van der Waals surface area contributed by atoms with Crippen molar-refractivity contribution in [2.45, 2.75) is 39.2 Å². The molecule has 0 saturated carbocycles. The van der Waals surface area contributed by atoms with Gasteiger partial charge in [-0.05, 0) is 42.3 Å². The van der Waals surface area contributed by atoms with E-state index in [1.165, 1.54) is 35.3 Å². The molecule has 0 aliphatic rings. The second-order valence-corrected chi connectivity index (χ2v) is 9.60. The van der Waals surface area contributed by atoms with Crippen molar-refractivity contribution in [2.75, 3.05) is 6.54 Å². The first-order valence-corrected chi connectivity index (χ1v) is 12.3. The number of nitrogens with one attached hydrogen (secondary N) is 1. The lowest BCUT2D eigenvalue weighted by Gasteiger charge is -2.15. The Morgan fingerprint density at radius 1 is 1.10 bits per heavy atom. The number of benzene rings is 2. The van der Waals surface area contributed by atoms with E-state index in [2.05, 4.69) is 20.5 Å². The van der Waals surface area contributed by atoms with Gasteiger partial charge in [-0.25, -0.2) is 19.1 Å². The van der Waals surface area contributed by atoms with Crippen molar-refractivity contribution < 1.29 is 23.1 Å². The van der Waals surface area contributed by atoms with E-state index in [4.69, 9.17) is 11.6 Å². The third-order valence-corrected chi connectivity index (χ3v) is 5.91. The van der Waals surface area contributed by atoms with Gasteiger partial charge in [-0.1, -0.05) is 37.6 Å². The lowest BCUT2D eigenvalue weighted by molar-refractivity contribution is -0.207. The van der Waals surface area contributed by atoms with Crippen molar-refractivity contribution in [1.82, 2.24) is 34.4 Å². The topological polar surface area (TPSA) is 120 Å². The minimum atomic E-state index is -4.94. The molecule has 0 aliphatic carbocycles. The van der Waals surface area contributed by atoms with E-state index in [-0.39, 0.29) is 30.0 Å². The zero-order valence-electron chi connectivity index (χ0n) is 20.9. The molecule has 4 aromatic rings. The van der Waals surface area contributed by atoms with E-state index in [0.29, 0.717) is 28.4 Å². The summed E-state index contributed by atoms with van der Waals surface area (Å²) in [5.74, 6) is -0.000844. The number of halogens is 4. The predicted molar refractivity (Wildman–Crippen MR) is 137 cm³/mol. The van der Waals surface area contributed by atoms with Crippen LogP contribution >= 0.6 is 11.6 Å². The van der Waals surface area contributed by atoms with E-state index >= 15 is 0 Å². The molecular weight excluding hydrogens is 539 g/mol. The van der Waals surface area contributed by atoms with Gasteiger partial charge in [0.05, 0.1) is 17.8 Å². The van der Waals surface area contributed by atoms with E-state index < -0.39 is 24.5 Å². The Bertz CT molecular complexity index is 1510. The molecule has 14 heteroatoms. The summed E-state index contributed by atoms with van der Waals surface area (Å²) in [4.78, 5) is 30.0. The zero-order valence-corrected chi connectivity index (χ0v) is 21.7. The van der Waals surface area contributed by atoms with Crippen molar-refractivity contribution in [3.05, 3.63) is 81.8 Å². The maximum absolute atomic E-state index is 13.1. The molecule has 0 saturated heterocycles. The SMILES string of the molecule is CC(C)CNC(=O)c1ccccc1-n1cnc(Cn2nc(-c3ccc(Cl)cc3)n(CC(O)C(F)(F)F)c2=O)n1. The minimum Gasteiger partial charge on any atom is -0.382 e. The third-order valence-electron chi connectivity index (χ3n) is 5.66. The van der Waals surface area contributed by atoms with Gasteiger partial charge in [0.2, 0.25) is 0 Å². The van der Waals surface area contributed by atoms with E-state index in [1.807, 2.05) is 13.8 Å². The highest BCUT2D eigenvalue weighted by molar-refractivity contribution is 6.30. The number of aliphatic hydroxyl groups is 1. The number of nitrogens with zero attached hydrogens (tertiary/aromatic N) is 6. The van der Waals surface area contributed by atoms with Crippen LogP contribution in [0.5, 0.6) is 0 Å². The largest absolute Gasteiger partial charge is 0.416 e. The van der Waals surface area contributed by atoms with Crippen LogP contribution in [0.1, 0.15) is 30.0 Å². The van der Waals surface area contributed by atoms with Crippen LogP contribution in [0.4, 0.5) is 13.2 Å². The van der Waals surface area contributed by atoms with Crippen molar-refractivity contribution in [3.63, 3.8) is 0 Å². The van der Waals surface area contributed by atoms with E-state index in [9.17, 15) is 27.9 Å². The third kappa shape index (κ3) is 6.55. The first kappa shape index (κ1) is 28.0. The molecule has 10 nitrogen and oxygen atoms in total. The predicted octanol–water partition coefficient (Wildman–Crippen LogP) is 3.30. The van der Waals surface area contributed by atoms with E-state index in [1.54, 1.807) is 24.3 Å². The van der Waals surface area contributed by atoms with Gasteiger partial charge >= 0.3 is 11.9 Å². The number of aliphatic hydroxyl groups excluding tert-OH is 1. The molecule has 2 aromatic heterocycles. The zero-order chi connectivity index (χ0) is 28.3. The molecule has 0 spiro atoms. The molecule has 1 amide bonds. The average molecular weight is 564 g/mol. The molecule has 2 aromatic carbocycles. The quantitative estimate of drug-likeness (QED) is 0.322. The standard InChI is InChI=1S/C25H25ClF3N7O3/c1-15(2)11-30-23(38)18-5-3-4-6-19(18)36-14-31-21(32-36)13-35-24(39)34(12-20(37)25(27,28)29)22(33-35)16-7-9-17(26)10-8-16/h3-10,14-15,20,37H,11-13H2,1-2H3,(H,30,38). The molecule has 2 heterocycles. The molecule has 1 unspecified atom stereocenters. The van der Waals surface area contributed by atoms with Gasteiger partial charge in [0.15, 0.2) is 17.8 Å². The van der Waals surface area contributed by atoms with Gasteiger partial charge in [0.1, 0.15) is 12.9 Å². The van der Waals surface area contributed by atoms with Crippen LogP contribution in [-0.2, 0) is 13.1 Å². The minimum absolute atomic E-state index is 0.0911. The summed E-state index contributed by atoms with van der Waals surface area (Å²) >= 11 is 5.91. The molecule has 0 aliphatic heterocycles. The number of hydrogen-bond acceptors (Lipinski definition) is 6. The number of amides is 1. The highest BCUT2D eigenvalue weighted by Gasteiger charge is 2.39. The number of carbonyl (C=O) groups excluding carboxylic acids is 1. The fraction of sp³-hybridized carbons (Fsp3) is 0.320. The van der Waals surface area contributed by atoms with Crippen molar-refractivity contribution >= 4 is 17.5 Å². The van der Waals surface area contributed by atoms with Crippen LogP contribution in [0.25, 0.3) is 17.1 Å². The molecule has 206 valence electrons. The van der Waals surface area contributed by atoms with Crippen molar-refractivity contribution in [2.24, 2.45) is 5.92 Å². The van der Waals surface area contributed by atoms with Crippen molar-refractivity contribution in [3.8, 4) is 17.1 Å². The number of aromatic nitrogens is 6. The highest BCUT2D eigenvalue weighted by atomic mass is 35.5. The summed E-state index contributed by atoms with van der Waals surface area (Å²) in [6, 6.07) is 12.8. The number of carbonyl (C=O) groups is 1. The van der Waals surface area contributed by atoms with Gasteiger partial charge < -0.3 is 10.4 Å². The summed E-state index contributed by atoms with van der Waals surface area (Å²) < 4.78 is 42.3. The lowest BCUT2D eigenvalue weighted by atomic mass is 10.1. The van der Waals surface area contributed by atoms with Crippen LogP contribution in [0.3, 0.4) is 0 Å². The maximum Gasteiger partial charge on any atom is 0.416 e. The second-order valence-electron chi connectivity index (χ2n) is 9.17. The molecule has 0 bridgehead atoms. The van der Waals surface area contributed by atoms with Gasteiger partial charge in [-0.2, -0.15) is 13.2 Å². The number of rotatable bonds is 9. The summed E-state index contributed by atoms with van der Waals surface area (Å²) in [6.07, 6.45) is -6.36. The number of hydrogen-bond donors (Lipinski definition) is 2. The van der Waals surface area contributed by atoms with Crippen LogP contribution < -0.4 is 11.0 Å². The molecular formula is C25H25ClF3N7O3. The summed E-state index contributed by atoms with van der Waals surface area (Å²) in [6.45, 7) is 3.10. The fourth-order valence-corrected chi connectivity index (χ4v) is 3.80. The first-order chi connectivity index (χ1) is 18.4. The lowest BCUT2D eigenvalue weighted by Crippen LogP contribution is -2.37. The molecule has 0 fully saturated rings. The molecule has 39 heavy (non-hydrogen) atoms. The second kappa shape index (κ2) is 11.4. The normalized spacial score (nSPS) is 12.6. The molecule has 0 radical (unpaired) electrons. The summed E-state index contributed by atoms with van der Waals surface area (Å²) in [5.41, 5.74) is 0.241. The fourth-order valence-electron chi connectivity index (χ4n) is 3.67. The smallest absolute Gasteiger partial charge is 0.382 e. The Kier molecular flexibility index (Phi) is 8.21. The van der Waals surface area contributed by atoms with Crippen LogP contribution in [0, 0.1) is 5.92 Å². The monoisotopic (exact) mass is 563 g/mol. The number of para-hydroxylation sites is 1. The Morgan fingerprint density at radius 3 is 2.46 bits per heavy atom. The Morgan fingerprint density at radius 2 is 1.79 bits per heavy atom. The van der Waals surface area contributed by atoms with Crippen LogP contribution in [0.15, 0.2) is 59.7 Å². The first-order valence-electron chi connectivity index (χ1n) is 11.9. The number of alkyl halides is 3. The van der Waals surface area contributed by atoms with E-state index in [0.717, 1.165) is 9.25 Å².